The number of benzene rings is 4. The van der Waals surface area contributed by atoms with Gasteiger partial charge in [-0.25, -0.2) is 0 Å². The summed E-state index contributed by atoms with van der Waals surface area (Å²) in [4.78, 5) is 0. The Bertz CT molecular complexity index is 862. The average molecular weight is 441 g/mol. The quantitative estimate of drug-likeness (QED) is 0.427. The first kappa shape index (κ1) is 17.1. The van der Waals surface area contributed by atoms with Gasteiger partial charge in [0.25, 0.3) is 0 Å². The molecule has 0 amide bonds. The van der Waals surface area contributed by atoms with Gasteiger partial charge in [-0.3, -0.25) is 0 Å². The Morgan fingerprint density at radius 2 is 0.692 bits per heavy atom. The third kappa shape index (κ3) is 2.99. The Balaban J connectivity index is 2.12. The molecule has 1 heteroatoms. The monoisotopic (exact) mass is 442 g/mol. The Hall–Kier alpha value is -2.32. The van der Waals surface area contributed by atoms with E-state index in [0.29, 0.717) is 0 Å². The van der Waals surface area contributed by atoms with Crippen LogP contribution in [0.1, 0.15) is 5.56 Å². The van der Waals surface area contributed by atoms with Crippen LogP contribution in [0.25, 0.3) is 0 Å². The molecule has 0 spiro atoms. The summed E-state index contributed by atoms with van der Waals surface area (Å²) in [5, 5.41) is 0. The van der Waals surface area contributed by atoms with Crippen LogP contribution in [0.2, 0.25) is 0 Å². The Morgan fingerprint density at radius 3 is 1.04 bits per heavy atom. The van der Waals surface area contributed by atoms with Crippen molar-refractivity contribution in [1.29, 1.82) is 0 Å². The molecule has 4 aromatic carbocycles. The van der Waals surface area contributed by atoms with Gasteiger partial charge < -0.3 is 0 Å². The van der Waals surface area contributed by atoms with Crippen molar-refractivity contribution < 1.29 is 0 Å². The van der Waals surface area contributed by atoms with Crippen molar-refractivity contribution in [3.8, 4) is 0 Å². The maximum atomic E-state index is 2.36. The van der Waals surface area contributed by atoms with Crippen LogP contribution in [0.15, 0.2) is 115 Å². The summed E-state index contributed by atoms with van der Waals surface area (Å²) < 4.78 is 5.96. The van der Waals surface area contributed by atoms with Crippen molar-refractivity contribution in [2.75, 3.05) is 0 Å². The van der Waals surface area contributed by atoms with Gasteiger partial charge in [0.1, 0.15) is 0 Å². The van der Waals surface area contributed by atoms with Crippen LogP contribution >= 0.6 is 0 Å². The van der Waals surface area contributed by atoms with Crippen molar-refractivity contribution in [2.45, 2.75) is 6.92 Å². The van der Waals surface area contributed by atoms with Gasteiger partial charge in [-0.05, 0) is 0 Å². The minimum atomic E-state index is -3.34. The van der Waals surface area contributed by atoms with Crippen LogP contribution in [-0.4, -0.2) is 18.4 Å². The van der Waals surface area contributed by atoms with Gasteiger partial charge in [-0.1, -0.05) is 0 Å². The molecule has 0 N–H and O–H groups in total. The first-order valence-corrected chi connectivity index (χ1v) is 14.8. The van der Waals surface area contributed by atoms with E-state index in [-0.39, 0.29) is 0 Å². The molecule has 4 aromatic rings. The van der Waals surface area contributed by atoms with Gasteiger partial charge in [0, 0.05) is 0 Å². The molecule has 26 heavy (non-hydrogen) atoms. The molecule has 0 aromatic heterocycles. The van der Waals surface area contributed by atoms with Gasteiger partial charge in [0.05, 0.1) is 0 Å². The second-order valence-electron chi connectivity index (χ2n) is 6.71. The standard InChI is InChI=1S/C7H7.3C6H5.Sn/c1-7-5-3-2-4-6-7;3*1-2-4-6-5-3-1;/h3-6H,1H3;3*1-5H;. The fourth-order valence-corrected chi connectivity index (χ4v) is 17.4. The van der Waals surface area contributed by atoms with E-state index in [1.54, 1.807) is 0 Å². The van der Waals surface area contributed by atoms with Crippen LogP contribution in [0.5, 0.6) is 0 Å². The molecule has 0 heterocycles. The summed E-state index contributed by atoms with van der Waals surface area (Å²) in [5.41, 5.74) is 1.31. The molecule has 4 rings (SSSR count). The van der Waals surface area contributed by atoms with E-state index in [1.807, 2.05) is 0 Å². The van der Waals surface area contributed by atoms with Crippen LogP contribution in [-0.2, 0) is 0 Å². The summed E-state index contributed by atoms with van der Waals surface area (Å²) in [5.74, 6) is 0. The predicted molar refractivity (Wildman–Crippen MR) is 115 cm³/mol. The minimum absolute atomic E-state index is 1.31. The van der Waals surface area contributed by atoms with Gasteiger partial charge in [-0.2, -0.15) is 0 Å². The van der Waals surface area contributed by atoms with Gasteiger partial charge in [-0.15, -0.1) is 0 Å². The summed E-state index contributed by atoms with van der Waals surface area (Å²) in [6, 6.07) is 42.7. The van der Waals surface area contributed by atoms with Crippen LogP contribution in [0.4, 0.5) is 0 Å². The van der Waals surface area contributed by atoms with E-state index in [9.17, 15) is 0 Å². The molecule has 0 radical (unpaired) electrons. The first-order chi connectivity index (χ1) is 12.8. The summed E-state index contributed by atoms with van der Waals surface area (Å²) in [6.07, 6.45) is 0. The van der Waals surface area contributed by atoms with Crippen LogP contribution < -0.4 is 14.3 Å². The van der Waals surface area contributed by atoms with Crippen LogP contribution in [0, 0.1) is 6.92 Å². The Kier molecular flexibility index (Phi) is 4.94. The maximum absolute atomic E-state index is 3.34. The number of hydrogen-bond donors (Lipinski definition) is 0. The number of aryl methyl sites for hydroxylation is 1. The second-order valence-corrected chi connectivity index (χ2v) is 17.6. The first-order valence-electron chi connectivity index (χ1n) is 9.05. The van der Waals surface area contributed by atoms with Crippen LogP contribution in [0.3, 0.4) is 0 Å². The molecule has 0 aliphatic rings. The molecule has 126 valence electrons. The van der Waals surface area contributed by atoms with Crippen molar-refractivity contribution in [3.63, 3.8) is 0 Å². The molecule has 0 saturated carbocycles. The van der Waals surface area contributed by atoms with Gasteiger partial charge in [0.2, 0.25) is 0 Å². The second kappa shape index (κ2) is 7.51. The van der Waals surface area contributed by atoms with Gasteiger partial charge >= 0.3 is 160 Å². The van der Waals surface area contributed by atoms with Crippen molar-refractivity contribution in [3.05, 3.63) is 121 Å². The molecule has 0 fully saturated rings. The van der Waals surface area contributed by atoms with Gasteiger partial charge in [0.15, 0.2) is 0 Å². The van der Waals surface area contributed by atoms with Crippen molar-refractivity contribution in [2.24, 2.45) is 0 Å². The SMILES string of the molecule is Cc1cc[c]([Sn]([c]2ccccc2)([c]2ccccc2)[c]2ccccc2)cc1. The van der Waals surface area contributed by atoms with E-state index in [1.165, 1.54) is 19.9 Å². The van der Waals surface area contributed by atoms with E-state index in [0.717, 1.165) is 0 Å². The third-order valence-corrected chi connectivity index (χ3v) is 18.8. The zero-order valence-corrected chi connectivity index (χ0v) is 17.8. The topological polar surface area (TPSA) is 0 Å². The normalized spacial score (nSPS) is 11.3. The molecular formula is C25H22Sn. The van der Waals surface area contributed by atoms with Crippen molar-refractivity contribution >= 4 is 32.7 Å². The molecular weight excluding hydrogens is 419 g/mol. The zero-order valence-electron chi connectivity index (χ0n) is 15.0. The average Bonchev–Trinajstić information content (AvgIpc) is 2.72. The summed E-state index contributed by atoms with van der Waals surface area (Å²) >= 11 is -3.34. The van der Waals surface area contributed by atoms with E-state index in [4.69, 9.17) is 0 Å². The third-order valence-electron chi connectivity index (χ3n) is 5.10. The fraction of sp³-hybridized carbons (Fsp3) is 0.0400. The Labute approximate surface area is 160 Å². The molecule has 0 unspecified atom stereocenters. The number of hydrogen-bond acceptors (Lipinski definition) is 0. The van der Waals surface area contributed by atoms with E-state index < -0.39 is 18.4 Å². The summed E-state index contributed by atoms with van der Waals surface area (Å²) in [6.45, 7) is 2.16. The summed E-state index contributed by atoms with van der Waals surface area (Å²) in [7, 11) is 0. The number of rotatable bonds is 4. The zero-order chi connectivity index (χ0) is 17.8. The molecule has 0 aliphatic heterocycles. The Morgan fingerprint density at radius 1 is 0.385 bits per heavy atom. The van der Waals surface area contributed by atoms with E-state index in [2.05, 4.69) is 122 Å². The molecule has 0 bridgehead atoms. The molecule has 0 atom stereocenters. The van der Waals surface area contributed by atoms with Crippen molar-refractivity contribution in [1.82, 2.24) is 0 Å². The molecule has 0 saturated heterocycles. The molecule has 0 nitrogen and oxygen atoms in total. The predicted octanol–water partition coefficient (Wildman–Crippen LogP) is 3.37. The molecule has 0 aliphatic carbocycles. The fourth-order valence-electron chi connectivity index (χ4n) is 3.87. The van der Waals surface area contributed by atoms with E-state index >= 15 is 0 Å².